The molecule has 0 radical (unpaired) electrons. The second kappa shape index (κ2) is 4.63. The molecule has 4 heteroatoms. The van der Waals surface area contributed by atoms with Gasteiger partial charge in [0, 0.05) is 11.3 Å². The Hall–Kier alpha value is -2.36. The van der Waals surface area contributed by atoms with E-state index < -0.39 is 0 Å². The molecule has 0 amide bonds. The summed E-state index contributed by atoms with van der Waals surface area (Å²) in [6.07, 6.45) is 2.55. The number of aryl methyl sites for hydroxylation is 2. The highest BCUT2D eigenvalue weighted by atomic mass is 16.1. The fourth-order valence-corrected chi connectivity index (χ4v) is 2.83. The van der Waals surface area contributed by atoms with Gasteiger partial charge < -0.3 is 10.7 Å². The van der Waals surface area contributed by atoms with Crippen molar-refractivity contribution in [1.29, 1.82) is 0 Å². The molecule has 0 atom stereocenters. The minimum absolute atomic E-state index is 0.0390. The largest absolute Gasteiger partial charge is 0.394 e. The highest BCUT2D eigenvalue weighted by molar-refractivity contribution is 6.13. The first-order valence-electron chi connectivity index (χ1n) is 6.73. The van der Waals surface area contributed by atoms with Gasteiger partial charge in [0.25, 0.3) is 5.56 Å². The number of benzene rings is 1. The third-order valence-corrected chi connectivity index (χ3v) is 3.81. The Morgan fingerprint density at radius 3 is 2.85 bits per heavy atom. The first kappa shape index (κ1) is 12.7. The zero-order chi connectivity index (χ0) is 14.3. The van der Waals surface area contributed by atoms with Crippen molar-refractivity contribution < 1.29 is 4.79 Å². The predicted octanol–water partition coefficient (Wildman–Crippen LogP) is 1.99. The van der Waals surface area contributed by atoms with E-state index in [1.165, 1.54) is 0 Å². The number of H-pyrrole nitrogens is 1. The first-order chi connectivity index (χ1) is 9.58. The quantitative estimate of drug-likeness (QED) is 0.818. The van der Waals surface area contributed by atoms with Gasteiger partial charge >= 0.3 is 0 Å². The SMILES string of the molecule is Cc1cccc(C(=O)c2c3c([nH]c(=O)c2N)CCC3)c1. The van der Waals surface area contributed by atoms with Crippen LogP contribution in [-0.2, 0) is 12.8 Å². The number of ketones is 1. The number of fused-ring (bicyclic) bond motifs is 1. The van der Waals surface area contributed by atoms with Crippen LogP contribution in [0.2, 0.25) is 0 Å². The Bertz CT molecular complexity index is 760. The van der Waals surface area contributed by atoms with E-state index in [-0.39, 0.29) is 17.0 Å². The summed E-state index contributed by atoms with van der Waals surface area (Å²) in [7, 11) is 0. The maximum atomic E-state index is 12.7. The molecular formula is C16H16N2O2. The molecular weight excluding hydrogens is 252 g/mol. The van der Waals surface area contributed by atoms with Crippen LogP contribution in [0, 0.1) is 6.92 Å². The predicted molar refractivity (Wildman–Crippen MR) is 78.1 cm³/mol. The topological polar surface area (TPSA) is 76.0 Å². The number of aromatic nitrogens is 1. The molecule has 20 heavy (non-hydrogen) atoms. The number of nitrogens with two attached hydrogens (primary N) is 1. The van der Waals surface area contributed by atoms with Gasteiger partial charge in [0.1, 0.15) is 5.69 Å². The molecule has 3 N–H and O–H groups in total. The summed E-state index contributed by atoms with van der Waals surface area (Å²) in [5.41, 5.74) is 9.30. The molecule has 1 aromatic heterocycles. The lowest BCUT2D eigenvalue weighted by Gasteiger charge is -2.10. The van der Waals surface area contributed by atoms with E-state index in [0.29, 0.717) is 11.1 Å². The molecule has 0 spiro atoms. The van der Waals surface area contributed by atoms with Crippen molar-refractivity contribution in [3.63, 3.8) is 0 Å². The smallest absolute Gasteiger partial charge is 0.272 e. The van der Waals surface area contributed by atoms with E-state index in [4.69, 9.17) is 5.73 Å². The molecule has 1 heterocycles. The highest BCUT2D eigenvalue weighted by Gasteiger charge is 2.25. The average Bonchev–Trinajstić information content (AvgIpc) is 2.87. The van der Waals surface area contributed by atoms with E-state index >= 15 is 0 Å². The van der Waals surface area contributed by atoms with Crippen molar-refractivity contribution in [2.24, 2.45) is 0 Å². The summed E-state index contributed by atoms with van der Waals surface area (Å²) >= 11 is 0. The van der Waals surface area contributed by atoms with Gasteiger partial charge in [-0.2, -0.15) is 0 Å². The fraction of sp³-hybridized carbons (Fsp3) is 0.250. The number of hydrogen-bond acceptors (Lipinski definition) is 3. The van der Waals surface area contributed by atoms with E-state index in [2.05, 4.69) is 4.98 Å². The molecule has 0 unspecified atom stereocenters. The zero-order valence-electron chi connectivity index (χ0n) is 11.3. The Morgan fingerprint density at radius 2 is 2.10 bits per heavy atom. The van der Waals surface area contributed by atoms with Crippen LogP contribution in [0.25, 0.3) is 0 Å². The van der Waals surface area contributed by atoms with Crippen molar-refractivity contribution in [2.75, 3.05) is 5.73 Å². The maximum Gasteiger partial charge on any atom is 0.272 e. The number of pyridine rings is 1. The van der Waals surface area contributed by atoms with Gasteiger partial charge in [0.15, 0.2) is 5.78 Å². The lowest BCUT2D eigenvalue weighted by Crippen LogP contribution is -2.21. The summed E-state index contributed by atoms with van der Waals surface area (Å²) in [6.45, 7) is 1.93. The van der Waals surface area contributed by atoms with Gasteiger partial charge in [0.2, 0.25) is 0 Å². The molecule has 4 nitrogen and oxygen atoms in total. The van der Waals surface area contributed by atoms with E-state index in [0.717, 1.165) is 36.1 Å². The Kier molecular flexibility index (Phi) is 2.93. The van der Waals surface area contributed by atoms with Crippen molar-refractivity contribution in [2.45, 2.75) is 26.2 Å². The number of carbonyl (C=O) groups is 1. The van der Waals surface area contributed by atoms with Gasteiger partial charge in [-0.05, 0) is 37.8 Å². The van der Waals surface area contributed by atoms with Crippen molar-refractivity contribution in [1.82, 2.24) is 4.98 Å². The van der Waals surface area contributed by atoms with Crippen LogP contribution in [0.5, 0.6) is 0 Å². The first-order valence-corrected chi connectivity index (χ1v) is 6.73. The molecule has 3 rings (SSSR count). The number of hydrogen-bond donors (Lipinski definition) is 2. The number of anilines is 1. The summed E-state index contributed by atoms with van der Waals surface area (Å²) in [4.78, 5) is 27.3. The molecule has 1 aliphatic rings. The normalized spacial score (nSPS) is 13.2. The number of aromatic amines is 1. The minimum Gasteiger partial charge on any atom is -0.394 e. The van der Waals surface area contributed by atoms with Crippen LogP contribution >= 0.6 is 0 Å². The molecule has 0 fully saturated rings. The van der Waals surface area contributed by atoms with E-state index in [1.807, 2.05) is 25.1 Å². The standard InChI is InChI=1S/C16H16N2O2/c1-9-4-2-5-10(8-9)15(19)13-11-6-3-7-12(11)18-16(20)14(13)17/h2,4-5,8H,3,6-7,17H2,1H3,(H,18,20). The molecule has 0 bridgehead atoms. The average molecular weight is 268 g/mol. The van der Waals surface area contributed by atoms with Crippen molar-refractivity contribution in [3.05, 3.63) is 62.6 Å². The van der Waals surface area contributed by atoms with Gasteiger partial charge in [0.05, 0.1) is 5.56 Å². The van der Waals surface area contributed by atoms with Crippen LogP contribution < -0.4 is 11.3 Å². The van der Waals surface area contributed by atoms with Crippen LogP contribution in [0.15, 0.2) is 29.1 Å². The van der Waals surface area contributed by atoms with Gasteiger partial charge in [-0.15, -0.1) is 0 Å². The molecule has 0 saturated heterocycles. The summed E-state index contributed by atoms with van der Waals surface area (Å²) in [6, 6.07) is 7.36. The van der Waals surface area contributed by atoms with Crippen LogP contribution in [-0.4, -0.2) is 10.8 Å². The summed E-state index contributed by atoms with van der Waals surface area (Å²) < 4.78 is 0. The monoisotopic (exact) mass is 268 g/mol. The molecule has 0 saturated carbocycles. The fourth-order valence-electron chi connectivity index (χ4n) is 2.83. The van der Waals surface area contributed by atoms with Crippen LogP contribution in [0.3, 0.4) is 0 Å². The maximum absolute atomic E-state index is 12.7. The van der Waals surface area contributed by atoms with Crippen LogP contribution in [0.4, 0.5) is 5.69 Å². The van der Waals surface area contributed by atoms with Gasteiger partial charge in [-0.1, -0.05) is 23.8 Å². The minimum atomic E-state index is -0.360. The van der Waals surface area contributed by atoms with Gasteiger partial charge in [-0.25, -0.2) is 0 Å². The molecule has 102 valence electrons. The molecule has 0 aliphatic heterocycles. The Balaban J connectivity index is 2.20. The second-order valence-corrected chi connectivity index (χ2v) is 5.25. The second-order valence-electron chi connectivity index (χ2n) is 5.25. The van der Waals surface area contributed by atoms with Crippen molar-refractivity contribution >= 4 is 11.5 Å². The van der Waals surface area contributed by atoms with Gasteiger partial charge in [-0.3, -0.25) is 9.59 Å². The lowest BCUT2D eigenvalue weighted by atomic mass is 9.96. The Morgan fingerprint density at radius 1 is 1.30 bits per heavy atom. The number of carbonyl (C=O) groups excluding carboxylic acids is 1. The third kappa shape index (κ3) is 1.93. The van der Waals surface area contributed by atoms with E-state index in [9.17, 15) is 9.59 Å². The highest BCUT2D eigenvalue weighted by Crippen LogP contribution is 2.27. The molecule has 1 aliphatic carbocycles. The third-order valence-electron chi connectivity index (χ3n) is 3.81. The number of rotatable bonds is 2. The zero-order valence-corrected chi connectivity index (χ0v) is 11.3. The summed E-state index contributed by atoms with van der Waals surface area (Å²) in [5.74, 6) is -0.157. The van der Waals surface area contributed by atoms with E-state index in [1.54, 1.807) is 6.07 Å². The number of nitrogen functional groups attached to an aromatic ring is 1. The van der Waals surface area contributed by atoms with Crippen LogP contribution in [0.1, 0.15) is 39.2 Å². The molecule has 2 aromatic rings. The Labute approximate surface area is 116 Å². The summed E-state index contributed by atoms with van der Waals surface area (Å²) in [5, 5.41) is 0. The lowest BCUT2D eigenvalue weighted by molar-refractivity contribution is 0.103. The van der Waals surface area contributed by atoms with Crippen molar-refractivity contribution in [3.8, 4) is 0 Å². The number of nitrogens with one attached hydrogen (secondary N) is 1. The molecule has 1 aromatic carbocycles.